The van der Waals surface area contributed by atoms with Crippen LogP contribution in [0.5, 0.6) is 5.75 Å². The summed E-state index contributed by atoms with van der Waals surface area (Å²) in [4.78, 5) is 25.8. The number of ether oxygens (including phenoxy) is 1. The van der Waals surface area contributed by atoms with Gasteiger partial charge in [-0.25, -0.2) is 4.98 Å². The summed E-state index contributed by atoms with van der Waals surface area (Å²) >= 11 is 0. The molecule has 2 heterocycles. The molecule has 1 aliphatic heterocycles. The Morgan fingerprint density at radius 2 is 1.75 bits per heavy atom. The van der Waals surface area contributed by atoms with Crippen molar-refractivity contribution in [3.8, 4) is 5.75 Å². The number of fused-ring (bicyclic) bond motifs is 1. The number of hydrogen-bond donors (Lipinski definition) is 0. The number of piperazine rings is 1. The minimum absolute atomic E-state index is 0.0187. The van der Waals surface area contributed by atoms with Gasteiger partial charge in [0.1, 0.15) is 11.6 Å². The molecule has 0 aliphatic carbocycles. The molecule has 0 atom stereocenters. The lowest BCUT2D eigenvalue weighted by Crippen LogP contribution is -2.50. The molecule has 0 unspecified atom stereocenters. The number of aromatic nitrogens is 2. The first-order valence-corrected chi connectivity index (χ1v) is 9.55. The number of amides is 1. The fourth-order valence-electron chi connectivity index (χ4n) is 3.40. The molecule has 28 heavy (non-hydrogen) atoms. The Hall–Kier alpha value is -3.15. The van der Waals surface area contributed by atoms with Crippen molar-refractivity contribution in [1.82, 2.24) is 14.9 Å². The maximum atomic E-state index is 12.5. The number of nitrogens with zero attached hydrogens (tertiary/aromatic N) is 4. The van der Waals surface area contributed by atoms with Gasteiger partial charge in [0.2, 0.25) is 0 Å². The molecule has 3 aromatic rings. The molecule has 0 saturated carbocycles. The summed E-state index contributed by atoms with van der Waals surface area (Å²) < 4.78 is 5.77. The summed E-state index contributed by atoms with van der Waals surface area (Å²) in [5.41, 5.74) is 4.02. The Labute approximate surface area is 164 Å². The molecule has 2 aromatic carbocycles. The van der Waals surface area contributed by atoms with Gasteiger partial charge in [-0.05, 0) is 43.2 Å². The molecule has 4 rings (SSSR count). The van der Waals surface area contributed by atoms with Crippen LogP contribution in [0.4, 0.5) is 5.82 Å². The molecule has 0 bridgehead atoms. The van der Waals surface area contributed by atoms with Crippen molar-refractivity contribution in [3.63, 3.8) is 0 Å². The predicted molar refractivity (Wildman–Crippen MR) is 110 cm³/mol. The summed E-state index contributed by atoms with van der Waals surface area (Å²) in [5.74, 6) is 1.65. The second-order valence-corrected chi connectivity index (χ2v) is 7.07. The molecule has 1 aliphatic rings. The number of para-hydroxylation sites is 2. The molecule has 0 radical (unpaired) electrons. The molecule has 0 N–H and O–H groups in total. The predicted octanol–water partition coefficient (Wildman–Crippen LogP) is 2.97. The number of rotatable bonds is 4. The lowest BCUT2D eigenvalue weighted by Gasteiger charge is -2.35. The largest absolute Gasteiger partial charge is 0.483 e. The number of anilines is 1. The Balaban J connectivity index is 1.34. The van der Waals surface area contributed by atoms with Crippen molar-refractivity contribution >= 4 is 22.8 Å². The topological polar surface area (TPSA) is 58.6 Å². The maximum Gasteiger partial charge on any atom is 0.260 e. The van der Waals surface area contributed by atoms with Crippen LogP contribution in [0.3, 0.4) is 0 Å². The molecule has 6 heteroatoms. The number of aryl methyl sites for hydroxylation is 1. The minimum atomic E-state index is 0.0187. The molecule has 1 amide bonds. The van der Waals surface area contributed by atoms with Gasteiger partial charge in [0.25, 0.3) is 5.91 Å². The van der Waals surface area contributed by atoms with Gasteiger partial charge in [0.15, 0.2) is 6.61 Å². The van der Waals surface area contributed by atoms with Crippen LogP contribution in [-0.4, -0.2) is 53.6 Å². The number of hydrogen-bond acceptors (Lipinski definition) is 5. The quantitative estimate of drug-likeness (QED) is 0.701. The molecule has 1 aromatic heterocycles. The third kappa shape index (κ3) is 3.76. The van der Waals surface area contributed by atoms with Crippen molar-refractivity contribution in [1.29, 1.82) is 0 Å². The lowest BCUT2D eigenvalue weighted by molar-refractivity contribution is -0.133. The van der Waals surface area contributed by atoms with Gasteiger partial charge in [0, 0.05) is 26.2 Å². The zero-order valence-electron chi connectivity index (χ0n) is 16.3. The van der Waals surface area contributed by atoms with E-state index in [4.69, 9.17) is 9.72 Å². The average Bonchev–Trinajstić information content (AvgIpc) is 2.74. The Morgan fingerprint density at radius 1 is 1.00 bits per heavy atom. The fraction of sp³-hybridized carbons (Fsp3) is 0.318. The van der Waals surface area contributed by atoms with Crippen molar-refractivity contribution in [3.05, 3.63) is 59.8 Å². The highest BCUT2D eigenvalue weighted by Gasteiger charge is 2.22. The van der Waals surface area contributed by atoms with Gasteiger partial charge in [-0.2, -0.15) is 0 Å². The Morgan fingerprint density at radius 3 is 2.54 bits per heavy atom. The molecule has 0 spiro atoms. The van der Waals surface area contributed by atoms with Gasteiger partial charge < -0.3 is 14.5 Å². The third-order valence-corrected chi connectivity index (χ3v) is 5.30. The minimum Gasteiger partial charge on any atom is -0.483 e. The van der Waals surface area contributed by atoms with E-state index in [1.54, 1.807) is 0 Å². The van der Waals surface area contributed by atoms with E-state index in [-0.39, 0.29) is 12.5 Å². The van der Waals surface area contributed by atoms with Gasteiger partial charge in [-0.15, -0.1) is 0 Å². The fourth-order valence-corrected chi connectivity index (χ4v) is 3.40. The van der Waals surface area contributed by atoms with Crippen LogP contribution in [0, 0.1) is 13.8 Å². The van der Waals surface area contributed by atoms with E-state index in [1.807, 2.05) is 67.4 Å². The Bertz CT molecular complexity index is 997. The average molecular weight is 376 g/mol. The van der Waals surface area contributed by atoms with Crippen LogP contribution in [-0.2, 0) is 4.79 Å². The number of benzene rings is 2. The van der Waals surface area contributed by atoms with E-state index < -0.39 is 0 Å². The van der Waals surface area contributed by atoms with Gasteiger partial charge >= 0.3 is 0 Å². The van der Waals surface area contributed by atoms with Crippen LogP contribution in [0.2, 0.25) is 0 Å². The summed E-state index contributed by atoms with van der Waals surface area (Å²) in [5, 5.41) is 0. The summed E-state index contributed by atoms with van der Waals surface area (Å²) in [7, 11) is 0. The highest BCUT2D eigenvalue weighted by Crippen LogP contribution is 2.21. The standard InChI is InChI=1S/C22H24N4O2/c1-16-6-5-9-20(17(16)2)28-15-22(27)26-12-10-25(11-13-26)21-14-23-18-7-3-4-8-19(18)24-21/h3-9,14H,10-13,15H2,1-2H3. The van der Waals surface area contributed by atoms with Gasteiger partial charge in [-0.3, -0.25) is 9.78 Å². The SMILES string of the molecule is Cc1cccc(OCC(=O)N2CCN(c3cnc4ccccc4n3)CC2)c1C. The van der Waals surface area contributed by atoms with Crippen LogP contribution >= 0.6 is 0 Å². The van der Waals surface area contributed by atoms with Crippen molar-refractivity contribution in [2.24, 2.45) is 0 Å². The second kappa shape index (κ2) is 7.84. The third-order valence-electron chi connectivity index (χ3n) is 5.30. The molecule has 1 saturated heterocycles. The van der Waals surface area contributed by atoms with Crippen molar-refractivity contribution < 1.29 is 9.53 Å². The van der Waals surface area contributed by atoms with Crippen molar-refractivity contribution in [2.45, 2.75) is 13.8 Å². The highest BCUT2D eigenvalue weighted by atomic mass is 16.5. The van der Waals surface area contributed by atoms with E-state index >= 15 is 0 Å². The monoisotopic (exact) mass is 376 g/mol. The van der Waals surface area contributed by atoms with E-state index in [9.17, 15) is 4.79 Å². The highest BCUT2D eigenvalue weighted by molar-refractivity contribution is 5.78. The summed E-state index contributed by atoms with van der Waals surface area (Å²) in [6, 6.07) is 13.8. The lowest BCUT2D eigenvalue weighted by atomic mass is 10.1. The van der Waals surface area contributed by atoms with Crippen LogP contribution in [0.1, 0.15) is 11.1 Å². The molecular formula is C22H24N4O2. The zero-order chi connectivity index (χ0) is 19.5. The van der Waals surface area contributed by atoms with Gasteiger partial charge in [-0.1, -0.05) is 24.3 Å². The number of carbonyl (C=O) groups excluding carboxylic acids is 1. The summed E-state index contributed by atoms with van der Waals surface area (Å²) in [6.07, 6.45) is 1.81. The van der Waals surface area contributed by atoms with Crippen LogP contribution in [0.25, 0.3) is 11.0 Å². The summed E-state index contributed by atoms with van der Waals surface area (Å²) in [6.45, 7) is 6.91. The molecule has 6 nitrogen and oxygen atoms in total. The first-order chi connectivity index (χ1) is 13.6. The molecule has 1 fully saturated rings. The zero-order valence-corrected chi connectivity index (χ0v) is 16.3. The first-order valence-electron chi connectivity index (χ1n) is 9.55. The Kier molecular flexibility index (Phi) is 5.10. The maximum absolute atomic E-state index is 12.5. The van der Waals surface area contributed by atoms with E-state index in [1.165, 1.54) is 0 Å². The second-order valence-electron chi connectivity index (χ2n) is 7.07. The van der Waals surface area contributed by atoms with Crippen LogP contribution < -0.4 is 9.64 Å². The van der Waals surface area contributed by atoms with Crippen LogP contribution in [0.15, 0.2) is 48.7 Å². The molecular weight excluding hydrogens is 352 g/mol. The normalized spacial score (nSPS) is 14.4. The molecule has 144 valence electrons. The number of carbonyl (C=O) groups is 1. The first kappa shape index (κ1) is 18.2. The van der Waals surface area contributed by atoms with E-state index in [0.717, 1.165) is 46.8 Å². The van der Waals surface area contributed by atoms with E-state index in [0.29, 0.717) is 13.1 Å². The smallest absolute Gasteiger partial charge is 0.260 e. The van der Waals surface area contributed by atoms with Gasteiger partial charge in [0.05, 0.1) is 17.2 Å². The van der Waals surface area contributed by atoms with Crippen molar-refractivity contribution in [2.75, 3.05) is 37.7 Å². The van der Waals surface area contributed by atoms with E-state index in [2.05, 4.69) is 9.88 Å².